The van der Waals surface area contributed by atoms with E-state index in [1.54, 1.807) is 25.1 Å². The maximum Gasteiger partial charge on any atom is 0.262 e. The Morgan fingerprint density at radius 2 is 1.95 bits per heavy atom. The molecule has 0 aliphatic carbocycles. The predicted molar refractivity (Wildman–Crippen MR) is 86.0 cm³/mol. The molecule has 2 aromatic rings. The molecule has 1 aromatic heterocycles. The van der Waals surface area contributed by atoms with Crippen LogP contribution in [-0.4, -0.2) is 13.4 Å². The summed E-state index contributed by atoms with van der Waals surface area (Å²) in [5.41, 5.74) is 7.09. The van der Waals surface area contributed by atoms with E-state index in [0.29, 0.717) is 26.0 Å². The van der Waals surface area contributed by atoms with Crippen LogP contribution in [0, 0.1) is 6.92 Å². The minimum absolute atomic E-state index is 0.132. The lowest BCUT2D eigenvalue weighted by Crippen LogP contribution is -2.15. The van der Waals surface area contributed by atoms with Gasteiger partial charge in [-0.15, -0.1) is 0 Å². The van der Waals surface area contributed by atoms with Crippen LogP contribution in [0.3, 0.4) is 0 Å². The van der Waals surface area contributed by atoms with Gasteiger partial charge in [0.2, 0.25) is 0 Å². The quantitative estimate of drug-likeness (QED) is 0.589. The highest BCUT2D eigenvalue weighted by atomic mass is 79.9. The van der Waals surface area contributed by atoms with Gasteiger partial charge in [0.15, 0.2) is 0 Å². The van der Waals surface area contributed by atoms with Crippen molar-refractivity contribution in [2.45, 2.75) is 11.8 Å². The molecule has 0 saturated heterocycles. The van der Waals surface area contributed by atoms with Crippen molar-refractivity contribution in [3.8, 4) is 0 Å². The van der Waals surface area contributed by atoms with Gasteiger partial charge >= 0.3 is 0 Å². The van der Waals surface area contributed by atoms with Gasteiger partial charge in [-0.1, -0.05) is 15.9 Å². The lowest BCUT2D eigenvalue weighted by Gasteiger charge is -2.12. The topological polar surface area (TPSA) is 85.1 Å². The predicted octanol–water partition coefficient (Wildman–Crippen LogP) is 3.30. The molecule has 0 radical (unpaired) electrons. The van der Waals surface area contributed by atoms with Gasteiger partial charge in [-0.3, -0.25) is 4.72 Å². The lowest BCUT2D eigenvalue weighted by molar-refractivity contribution is 0.600. The number of anilines is 2. The molecule has 0 aliphatic rings. The molecule has 0 spiro atoms. The number of halogens is 2. The summed E-state index contributed by atoms with van der Waals surface area (Å²) in [6.07, 6.45) is 1.43. The summed E-state index contributed by atoms with van der Waals surface area (Å²) in [4.78, 5) is 4.10. The molecule has 0 aliphatic heterocycles. The first-order valence-electron chi connectivity index (χ1n) is 5.49. The molecule has 5 nitrogen and oxygen atoms in total. The Labute approximate surface area is 133 Å². The van der Waals surface area contributed by atoms with E-state index >= 15 is 0 Å². The first-order valence-corrected chi connectivity index (χ1v) is 8.56. The standard InChI is InChI=1S/C12H11Br2N3O2S/c1-7-10(15)4-8(13)5-11(7)20(18,19)17-9-2-3-12(14)16-6-9/h2-6,17H,15H2,1H3. The minimum atomic E-state index is -3.72. The van der Waals surface area contributed by atoms with Crippen LogP contribution in [0.15, 0.2) is 44.4 Å². The highest BCUT2D eigenvalue weighted by Gasteiger charge is 2.19. The molecule has 0 saturated carbocycles. The molecular weight excluding hydrogens is 410 g/mol. The number of aromatic nitrogens is 1. The maximum atomic E-state index is 12.4. The molecule has 0 bridgehead atoms. The number of nitrogen functional groups attached to an aromatic ring is 1. The van der Waals surface area contributed by atoms with Crippen LogP contribution >= 0.6 is 31.9 Å². The van der Waals surface area contributed by atoms with Gasteiger partial charge in [0, 0.05) is 10.2 Å². The van der Waals surface area contributed by atoms with Crippen LogP contribution in [-0.2, 0) is 10.0 Å². The van der Waals surface area contributed by atoms with Gasteiger partial charge in [-0.2, -0.15) is 0 Å². The summed E-state index contributed by atoms with van der Waals surface area (Å²) in [5.74, 6) is 0. The van der Waals surface area contributed by atoms with Gasteiger partial charge in [-0.05, 0) is 52.7 Å². The smallest absolute Gasteiger partial charge is 0.262 e. The monoisotopic (exact) mass is 419 g/mol. The van der Waals surface area contributed by atoms with Crippen molar-refractivity contribution in [3.05, 3.63) is 45.1 Å². The summed E-state index contributed by atoms with van der Waals surface area (Å²) < 4.78 is 28.5. The van der Waals surface area contributed by atoms with Crippen LogP contribution in [0.2, 0.25) is 0 Å². The minimum Gasteiger partial charge on any atom is -0.398 e. The summed E-state index contributed by atoms with van der Waals surface area (Å²) in [6, 6.07) is 6.45. The lowest BCUT2D eigenvalue weighted by atomic mass is 10.2. The van der Waals surface area contributed by atoms with E-state index in [0.717, 1.165) is 0 Å². The molecule has 0 atom stereocenters. The maximum absolute atomic E-state index is 12.4. The van der Waals surface area contributed by atoms with Gasteiger partial charge in [0.1, 0.15) is 4.60 Å². The molecular formula is C12H11Br2N3O2S. The highest BCUT2D eigenvalue weighted by Crippen LogP contribution is 2.27. The normalized spacial score (nSPS) is 11.3. The van der Waals surface area contributed by atoms with Crippen LogP contribution in [0.25, 0.3) is 0 Å². The van der Waals surface area contributed by atoms with E-state index in [4.69, 9.17) is 5.73 Å². The third-order valence-corrected chi connectivity index (χ3v) is 5.07. The van der Waals surface area contributed by atoms with Gasteiger partial charge in [0.25, 0.3) is 10.0 Å². The van der Waals surface area contributed by atoms with Crippen molar-refractivity contribution in [1.29, 1.82) is 0 Å². The number of sulfonamides is 1. The number of hydrogen-bond acceptors (Lipinski definition) is 4. The van der Waals surface area contributed by atoms with Crippen LogP contribution < -0.4 is 10.5 Å². The number of nitrogens with two attached hydrogens (primary N) is 1. The van der Waals surface area contributed by atoms with E-state index < -0.39 is 10.0 Å². The fourth-order valence-corrected chi connectivity index (χ4v) is 3.81. The second kappa shape index (κ2) is 5.71. The third kappa shape index (κ3) is 3.31. The molecule has 1 heterocycles. The van der Waals surface area contributed by atoms with Crippen molar-refractivity contribution >= 4 is 53.3 Å². The molecule has 20 heavy (non-hydrogen) atoms. The van der Waals surface area contributed by atoms with E-state index in [1.807, 2.05) is 0 Å². The van der Waals surface area contributed by atoms with Gasteiger partial charge < -0.3 is 5.73 Å². The second-order valence-electron chi connectivity index (χ2n) is 4.09. The van der Waals surface area contributed by atoms with Gasteiger partial charge in [0.05, 0.1) is 16.8 Å². The average molecular weight is 421 g/mol. The number of benzene rings is 1. The zero-order chi connectivity index (χ0) is 14.9. The van der Waals surface area contributed by atoms with Gasteiger partial charge in [-0.25, -0.2) is 13.4 Å². The summed E-state index contributed by atoms with van der Waals surface area (Å²) in [6.45, 7) is 1.66. The summed E-state index contributed by atoms with van der Waals surface area (Å²) in [5, 5.41) is 0. The Morgan fingerprint density at radius 3 is 2.55 bits per heavy atom. The first-order chi connectivity index (χ1) is 9.29. The number of nitrogens with one attached hydrogen (secondary N) is 1. The number of rotatable bonds is 3. The Kier molecular flexibility index (Phi) is 4.36. The fourth-order valence-electron chi connectivity index (χ4n) is 1.60. The third-order valence-electron chi connectivity index (χ3n) is 2.63. The molecule has 3 N–H and O–H groups in total. The SMILES string of the molecule is Cc1c(N)cc(Br)cc1S(=O)(=O)Nc1ccc(Br)nc1. The van der Waals surface area contributed by atoms with Crippen molar-refractivity contribution in [1.82, 2.24) is 4.98 Å². The Morgan fingerprint density at radius 1 is 1.25 bits per heavy atom. The molecule has 106 valence electrons. The molecule has 8 heteroatoms. The van der Waals surface area contributed by atoms with Crippen molar-refractivity contribution in [2.24, 2.45) is 0 Å². The summed E-state index contributed by atoms with van der Waals surface area (Å²) >= 11 is 6.43. The van der Waals surface area contributed by atoms with E-state index in [-0.39, 0.29) is 4.90 Å². The molecule has 0 unspecified atom stereocenters. The zero-order valence-electron chi connectivity index (χ0n) is 10.4. The van der Waals surface area contributed by atoms with Crippen molar-refractivity contribution < 1.29 is 8.42 Å². The summed E-state index contributed by atoms with van der Waals surface area (Å²) in [7, 11) is -3.72. The van der Waals surface area contributed by atoms with Crippen molar-refractivity contribution in [3.63, 3.8) is 0 Å². The molecule has 0 fully saturated rings. The second-order valence-corrected chi connectivity index (χ2v) is 7.47. The zero-order valence-corrected chi connectivity index (χ0v) is 14.4. The number of pyridine rings is 1. The van der Waals surface area contributed by atoms with Crippen LogP contribution in [0.5, 0.6) is 0 Å². The largest absolute Gasteiger partial charge is 0.398 e. The number of nitrogens with zero attached hydrogens (tertiary/aromatic N) is 1. The van der Waals surface area contributed by atoms with Crippen molar-refractivity contribution in [2.75, 3.05) is 10.5 Å². The Bertz CT molecular complexity index is 746. The number of hydrogen-bond donors (Lipinski definition) is 2. The average Bonchev–Trinajstić information content (AvgIpc) is 2.36. The fraction of sp³-hybridized carbons (Fsp3) is 0.0833. The molecule has 0 amide bonds. The van der Waals surface area contributed by atoms with E-state index in [2.05, 4.69) is 41.6 Å². The first kappa shape index (κ1) is 15.3. The van der Waals surface area contributed by atoms with Crippen LogP contribution in [0.1, 0.15) is 5.56 Å². The Hall–Kier alpha value is -1.12. The van der Waals surface area contributed by atoms with E-state index in [1.165, 1.54) is 12.3 Å². The van der Waals surface area contributed by atoms with E-state index in [9.17, 15) is 8.42 Å². The van der Waals surface area contributed by atoms with Crippen LogP contribution in [0.4, 0.5) is 11.4 Å². The molecule has 1 aromatic carbocycles. The molecule has 2 rings (SSSR count). The highest BCUT2D eigenvalue weighted by molar-refractivity contribution is 9.10. The Balaban J connectivity index is 2.43.